The van der Waals surface area contributed by atoms with Crippen LogP contribution in [0.2, 0.25) is 0 Å². The van der Waals surface area contributed by atoms with Gasteiger partial charge in [-0.25, -0.2) is 4.39 Å². The summed E-state index contributed by atoms with van der Waals surface area (Å²) in [6, 6.07) is 9.89. The van der Waals surface area contributed by atoms with Crippen molar-refractivity contribution in [2.24, 2.45) is 0 Å². The molecule has 1 N–H and O–H groups in total. The molecule has 156 valence electrons. The van der Waals surface area contributed by atoms with Gasteiger partial charge in [-0.15, -0.1) is 0 Å². The van der Waals surface area contributed by atoms with Crippen LogP contribution in [0.15, 0.2) is 36.4 Å². The predicted molar refractivity (Wildman–Crippen MR) is 110 cm³/mol. The summed E-state index contributed by atoms with van der Waals surface area (Å²) >= 11 is 0. The summed E-state index contributed by atoms with van der Waals surface area (Å²) in [6.45, 7) is 7.50. The summed E-state index contributed by atoms with van der Waals surface area (Å²) in [6.07, 6.45) is 1.94. The highest BCUT2D eigenvalue weighted by Crippen LogP contribution is 2.47. The fourth-order valence-corrected chi connectivity index (χ4v) is 3.39. The van der Waals surface area contributed by atoms with E-state index in [-0.39, 0.29) is 17.1 Å². The van der Waals surface area contributed by atoms with E-state index in [4.69, 9.17) is 14.2 Å². The molecule has 0 heterocycles. The molecule has 0 aliphatic heterocycles. The highest BCUT2D eigenvalue weighted by Gasteiger charge is 2.44. The second-order valence-electron chi connectivity index (χ2n) is 7.07. The first-order valence-corrected chi connectivity index (χ1v) is 10.1. The monoisotopic (exact) mass is 401 g/mol. The maximum absolute atomic E-state index is 13.2. The normalized spacial score (nSPS) is 14.2. The molecule has 0 bridgehead atoms. The molecule has 6 heteroatoms. The SMILES string of the molecule is CCOc1cc(C(=O)NCC2(c3ccc(F)cc3)CC2)cc(OCC)c1OCC. The van der Waals surface area contributed by atoms with Crippen LogP contribution in [0.5, 0.6) is 17.2 Å². The lowest BCUT2D eigenvalue weighted by Crippen LogP contribution is -2.32. The Kier molecular flexibility index (Phi) is 6.62. The van der Waals surface area contributed by atoms with Gasteiger partial charge >= 0.3 is 0 Å². The Hall–Kier alpha value is -2.76. The average molecular weight is 401 g/mol. The van der Waals surface area contributed by atoms with Gasteiger partial charge in [0.15, 0.2) is 11.5 Å². The van der Waals surface area contributed by atoms with Gasteiger partial charge in [-0.2, -0.15) is 0 Å². The molecule has 1 amide bonds. The Morgan fingerprint density at radius 2 is 1.52 bits per heavy atom. The molecule has 1 aliphatic carbocycles. The Bertz CT molecular complexity index is 819. The quantitative estimate of drug-likeness (QED) is 0.638. The number of carbonyl (C=O) groups excluding carboxylic acids is 1. The Morgan fingerprint density at radius 1 is 0.966 bits per heavy atom. The van der Waals surface area contributed by atoms with Crippen molar-refractivity contribution < 1.29 is 23.4 Å². The molecule has 1 aliphatic rings. The number of ether oxygens (including phenoxy) is 3. The number of halogens is 1. The minimum absolute atomic E-state index is 0.111. The zero-order valence-corrected chi connectivity index (χ0v) is 17.2. The van der Waals surface area contributed by atoms with Crippen molar-refractivity contribution in [2.75, 3.05) is 26.4 Å². The lowest BCUT2D eigenvalue weighted by Gasteiger charge is -2.19. The van der Waals surface area contributed by atoms with Crippen molar-refractivity contribution in [3.8, 4) is 17.2 Å². The summed E-state index contributed by atoms with van der Waals surface area (Å²) in [5.41, 5.74) is 1.39. The highest BCUT2D eigenvalue weighted by atomic mass is 19.1. The van der Waals surface area contributed by atoms with Gasteiger partial charge in [-0.05, 0) is 63.4 Å². The van der Waals surface area contributed by atoms with E-state index in [0.29, 0.717) is 49.2 Å². The summed E-state index contributed by atoms with van der Waals surface area (Å²) in [5.74, 6) is 1.03. The van der Waals surface area contributed by atoms with Crippen molar-refractivity contribution >= 4 is 5.91 Å². The molecule has 2 aromatic carbocycles. The van der Waals surface area contributed by atoms with Crippen LogP contribution in [0.1, 0.15) is 49.5 Å². The number of nitrogens with one attached hydrogen (secondary N) is 1. The maximum atomic E-state index is 13.2. The molecule has 0 atom stereocenters. The summed E-state index contributed by atoms with van der Waals surface area (Å²) < 4.78 is 30.3. The average Bonchev–Trinajstić information content (AvgIpc) is 3.50. The third-order valence-corrected chi connectivity index (χ3v) is 5.07. The topological polar surface area (TPSA) is 56.8 Å². The van der Waals surface area contributed by atoms with Crippen molar-refractivity contribution in [2.45, 2.75) is 39.0 Å². The van der Waals surface area contributed by atoms with E-state index in [1.165, 1.54) is 12.1 Å². The molecule has 3 rings (SSSR count). The first-order chi connectivity index (χ1) is 14.0. The van der Waals surface area contributed by atoms with Crippen LogP contribution in [0.4, 0.5) is 4.39 Å². The van der Waals surface area contributed by atoms with Crippen molar-refractivity contribution in [3.63, 3.8) is 0 Å². The third-order valence-electron chi connectivity index (χ3n) is 5.07. The van der Waals surface area contributed by atoms with Crippen LogP contribution >= 0.6 is 0 Å². The zero-order valence-electron chi connectivity index (χ0n) is 17.2. The molecular weight excluding hydrogens is 373 g/mol. The largest absolute Gasteiger partial charge is 0.490 e. The number of carbonyl (C=O) groups is 1. The van der Waals surface area contributed by atoms with Crippen molar-refractivity contribution in [1.82, 2.24) is 5.32 Å². The summed E-state index contributed by atoms with van der Waals surface area (Å²) in [5, 5.41) is 3.02. The predicted octanol–water partition coefficient (Wildman–Crippen LogP) is 4.48. The van der Waals surface area contributed by atoms with Crippen molar-refractivity contribution in [1.29, 1.82) is 0 Å². The molecule has 1 fully saturated rings. The van der Waals surface area contributed by atoms with Gasteiger partial charge in [0.1, 0.15) is 5.82 Å². The van der Waals surface area contributed by atoms with Crippen LogP contribution in [-0.4, -0.2) is 32.3 Å². The number of benzene rings is 2. The first kappa shape index (κ1) is 21.0. The summed E-state index contributed by atoms with van der Waals surface area (Å²) in [7, 11) is 0. The maximum Gasteiger partial charge on any atom is 0.251 e. The van der Waals surface area contributed by atoms with Gasteiger partial charge in [0.2, 0.25) is 5.75 Å². The van der Waals surface area contributed by atoms with Crippen LogP contribution in [0.25, 0.3) is 0 Å². The summed E-state index contributed by atoms with van der Waals surface area (Å²) in [4.78, 5) is 12.9. The zero-order chi connectivity index (χ0) is 20.9. The minimum atomic E-state index is -0.255. The molecule has 0 unspecified atom stereocenters. The molecule has 0 radical (unpaired) electrons. The van der Waals surface area contributed by atoms with Gasteiger partial charge in [0.05, 0.1) is 19.8 Å². The molecule has 1 saturated carbocycles. The molecule has 29 heavy (non-hydrogen) atoms. The van der Waals surface area contributed by atoms with Gasteiger partial charge < -0.3 is 19.5 Å². The fraction of sp³-hybridized carbons (Fsp3) is 0.435. The Balaban J connectivity index is 1.78. The first-order valence-electron chi connectivity index (χ1n) is 10.1. The van der Waals surface area contributed by atoms with E-state index in [1.807, 2.05) is 20.8 Å². The van der Waals surface area contributed by atoms with Crippen LogP contribution in [0, 0.1) is 5.82 Å². The molecule has 0 aromatic heterocycles. The van der Waals surface area contributed by atoms with E-state index in [9.17, 15) is 9.18 Å². The molecule has 2 aromatic rings. The smallest absolute Gasteiger partial charge is 0.251 e. The molecular formula is C23H28FNO4. The van der Waals surface area contributed by atoms with Gasteiger partial charge in [0, 0.05) is 17.5 Å². The van der Waals surface area contributed by atoms with Gasteiger partial charge in [-0.1, -0.05) is 12.1 Å². The van der Waals surface area contributed by atoms with E-state index >= 15 is 0 Å². The van der Waals surface area contributed by atoms with Crippen LogP contribution in [-0.2, 0) is 5.41 Å². The standard InChI is InChI=1S/C23H28FNO4/c1-4-27-19-13-16(14-20(28-5-2)21(19)29-6-3)22(26)25-15-23(11-12-23)17-7-9-18(24)10-8-17/h7-10,13-14H,4-6,11-12,15H2,1-3H3,(H,25,26). The van der Waals surface area contributed by atoms with E-state index in [2.05, 4.69) is 5.32 Å². The highest BCUT2D eigenvalue weighted by molar-refractivity contribution is 5.95. The fourth-order valence-electron chi connectivity index (χ4n) is 3.39. The number of amides is 1. The molecule has 5 nitrogen and oxygen atoms in total. The van der Waals surface area contributed by atoms with Crippen LogP contribution in [0.3, 0.4) is 0 Å². The lowest BCUT2D eigenvalue weighted by molar-refractivity contribution is 0.0948. The second-order valence-corrected chi connectivity index (χ2v) is 7.07. The second kappa shape index (κ2) is 9.16. The third kappa shape index (κ3) is 4.81. The minimum Gasteiger partial charge on any atom is -0.490 e. The van der Waals surface area contributed by atoms with E-state index < -0.39 is 0 Å². The van der Waals surface area contributed by atoms with Crippen molar-refractivity contribution in [3.05, 3.63) is 53.3 Å². The number of hydrogen-bond acceptors (Lipinski definition) is 4. The van der Waals surface area contributed by atoms with Gasteiger partial charge in [-0.3, -0.25) is 4.79 Å². The van der Waals surface area contributed by atoms with Crippen LogP contribution < -0.4 is 19.5 Å². The number of rotatable bonds is 10. The molecule has 0 saturated heterocycles. The Labute approximate surface area is 171 Å². The number of hydrogen-bond donors (Lipinski definition) is 1. The van der Waals surface area contributed by atoms with Gasteiger partial charge in [0.25, 0.3) is 5.91 Å². The Morgan fingerprint density at radius 3 is 2.00 bits per heavy atom. The van der Waals surface area contributed by atoms with E-state index in [1.54, 1.807) is 24.3 Å². The lowest BCUT2D eigenvalue weighted by atomic mass is 9.96. The molecule has 0 spiro atoms. The van der Waals surface area contributed by atoms with E-state index in [0.717, 1.165) is 18.4 Å².